The predicted octanol–water partition coefficient (Wildman–Crippen LogP) is 4.68. The summed E-state index contributed by atoms with van der Waals surface area (Å²) in [5, 5.41) is 7.49. The number of amides is 1. The molecule has 1 unspecified atom stereocenters. The largest absolute Gasteiger partial charge is 0.324 e. The number of benzene rings is 2. The van der Waals surface area contributed by atoms with Crippen molar-refractivity contribution in [1.82, 2.24) is 9.78 Å². The maximum Gasteiger partial charge on any atom is 0.267 e. The Morgan fingerprint density at radius 3 is 2.59 bits per heavy atom. The normalized spacial score (nSPS) is 11.9. The van der Waals surface area contributed by atoms with E-state index in [9.17, 15) is 9.59 Å². The number of carbonyl (C=O) groups is 1. The Morgan fingerprint density at radius 2 is 1.86 bits per heavy atom. The van der Waals surface area contributed by atoms with Gasteiger partial charge in [-0.3, -0.25) is 9.59 Å². The lowest BCUT2D eigenvalue weighted by Gasteiger charge is -2.18. The Balaban J connectivity index is 1.95. The third-order valence-corrected chi connectivity index (χ3v) is 5.08. The molecule has 1 heterocycles. The third kappa shape index (κ3) is 4.62. The molecular weight excluding hydrogens is 362 g/mol. The van der Waals surface area contributed by atoms with Crippen LogP contribution in [0.4, 0.5) is 5.69 Å². The van der Waals surface area contributed by atoms with E-state index in [1.165, 1.54) is 10.7 Å². The quantitative estimate of drug-likeness (QED) is 0.666. The summed E-state index contributed by atoms with van der Waals surface area (Å²) in [6.07, 6.45) is 1.35. The summed E-state index contributed by atoms with van der Waals surface area (Å²) < 4.78 is 1.30. The zero-order chi connectivity index (χ0) is 21.0. The minimum Gasteiger partial charge on any atom is -0.324 e. The van der Waals surface area contributed by atoms with Gasteiger partial charge < -0.3 is 5.32 Å². The van der Waals surface area contributed by atoms with Crippen molar-refractivity contribution in [2.75, 3.05) is 5.32 Å². The number of anilines is 1. The molecular formula is C24H27N3O2. The zero-order valence-electron chi connectivity index (χ0n) is 17.4. The van der Waals surface area contributed by atoms with Gasteiger partial charge in [0.2, 0.25) is 5.91 Å². The highest BCUT2D eigenvalue weighted by atomic mass is 16.2. The topological polar surface area (TPSA) is 64.0 Å². The molecule has 150 valence electrons. The smallest absolute Gasteiger partial charge is 0.267 e. The molecule has 0 spiro atoms. The SMILES string of the molecule is CCc1cccc(NC(=O)C(CC)n2nc(-c3cc(C)ccc3C)ccc2=O)c1. The van der Waals surface area contributed by atoms with Crippen molar-refractivity contribution in [3.8, 4) is 11.3 Å². The lowest BCUT2D eigenvalue weighted by atomic mass is 10.0. The first-order valence-electron chi connectivity index (χ1n) is 10.00. The van der Waals surface area contributed by atoms with E-state index in [1.54, 1.807) is 6.07 Å². The van der Waals surface area contributed by atoms with E-state index >= 15 is 0 Å². The molecule has 0 fully saturated rings. The summed E-state index contributed by atoms with van der Waals surface area (Å²) in [5.41, 5.74) is 5.42. The number of nitrogens with zero attached hydrogens (tertiary/aromatic N) is 2. The van der Waals surface area contributed by atoms with Crippen LogP contribution in [-0.4, -0.2) is 15.7 Å². The molecule has 0 bridgehead atoms. The van der Waals surface area contributed by atoms with E-state index in [0.29, 0.717) is 12.1 Å². The summed E-state index contributed by atoms with van der Waals surface area (Å²) in [4.78, 5) is 25.5. The van der Waals surface area contributed by atoms with E-state index in [0.717, 1.165) is 34.4 Å². The van der Waals surface area contributed by atoms with Gasteiger partial charge in [-0.05, 0) is 62.1 Å². The first-order chi connectivity index (χ1) is 13.9. The number of nitrogens with one attached hydrogen (secondary N) is 1. The van der Waals surface area contributed by atoms with Crippen LogP contribution in [0.15, 0.2) is 59.4 Å². The van der Waals surface area contributed by atoms with Crippen molar-refractivity contribution >= 4 is 11.6 Å². The number of aryl methyl sites for hydroxylation is 3. The molecule has 1 aromatic heterocycles. The lowest BCUT2D eigenvalue weighted by Crippen LogP contribution is -2.34. The second-order valence-electron chi connectivity index (χ2n) is 7.29. The van der Waals surface area contributed by atoms with Crippen molar-refractivity contribution in [1.29, 1.82) is 0 Å². The van der Waals surface area contributed by atoms with Gasteiger partial charge in [0, 0.05) is 17.3 Å². The summed E-state index contributed by atoms with van der Waals surface area (Å²) in [6.45, 7) is 7.98. The number of hydrogen-bond acceptors (Lipinski definition) is 3. The molecule has 1 amide bonds. The van der Waals surface area contributed by atoms with Crippen LogP contribution in [0.25, 0.3) is 11.3 Å². The predicted molar refractivity (Wildman–Crippen MR) is 117 cm³/mol. The summed E-state index contributed by atoms with van der Waals surface area (Å²) in [7, 11) is 0. The number of aromatic nitrogens is 2. The van der Waals surface area contributed by atoms with E-state index in [4.69, 9.17) is 0 Å². The van der Waals surface area contributed by atoms with Crippen LogP contribution < -0.4 is 10.9 Å². The lowest BCUT2D eigenvalue weighted by molar-refractivity contribution is -0.119. The molecule has 2 aromatic carbocycles. The monoisotopic (exact) mass is 389 g/mol. The number of carbonyl (C=O) groups excluding carboxylic acids is 1. The molecule has 3 rings (SSSR count). The van der Waals surface area contributed by atoms with Crippen LogP contribution in [0.1, 0.15) is 43.0 Å². The van der Waals surface area contributed by atoms with Gasteiger partial charge in [-0.25, -0.2) is 4.68 Å². The number of rotatable bonds is 6. The highest BCUT2D eigenvalue weighted by Crippen LogP contribution is 2.23. The van der Waals surface area contributed by atoms with Crippen molar-refractivity contribution < 1.29 is 4.79 Å². The average Bonchev–Trinajstić information content (AvgIpc) is 2.72. The minimum atomic E-state index is -0.683. The van der Waals surface area contributed by atoms with Gasteiger partial charge >= 0.3 is 0 Å². The molecule has 5 nitrogen and oxygen atoms in total. The third-order valence-electron chi connectivity index (χ3n) is 5.08. The van der Waals surface area contributed by atoms with Crippen LogP contribution in [0, 0.1) is 13.8 Å². The van der Waals surface area contributed by atoms with Gasteiger partial charge in [-0.2, -0.15) is 5.10 Å². The standard InChI is InChI=1S/C24H27N3O2/c1-5-18-8-7-9-19(15-18)25-24(29)22(6-2)27-23(28)13-12-21(26-27)20-14-16(3)10-11-17(20)4/h7-15,22H,5-6H2,1-4H3,(H,25,29). The summed E-state index contributed by atoms with van der Waals surface area (Å²) in [6, 6.07) is 16.4. The fourth-order valence-corrected chi connectivity index (χ4v) is 3.37. The molecule has 0 aliphatic rings. The Kier molecular flexibility index (Phi) is 6.27. The highest BCUT2D eigenvalue weighted by Gasteiger charge is 2.22. The van der Waals surface area contributed by atoms with Gasteiger partial charge in [0.1, 0.15) is 6.04 Å². The van der Waals surface area contributed by atoms with Crippen LogP contribution in [-0.2, 0) is 11.2 Å². The molecule has 0 saturated heterocycles. The molecule has 29 heavy (non-hydrogen) atoms. The fraction of sp³-hybridized carbons (Fsp3) is 0.292. The van der Waals surface area contributed by atoms with E-state index in [-0.39, 0.29) is 11.5 Å². The fourth-order valence-electron chi connectivity index (χ4n) is 3.37. The Bertz CT molecular complexity index is 1090. The van der Waals surface area contributed by atoms with Crippen molar-refractivity contribution in [3.05, 3.63) is 81.6 Å². The van der Waals surface area contributed by atoms with Crippen LogP contribution in [0.3, 0.4) is 0 Å². The second kappa shape index (κ2) is 8.86. The van der Waals surface area contributed by atoms with Gasteiger partial charge in [0.15, 0.2) is 0 Å². The average molecular weight is 389 g/mol. The molecule has 0 saturated carbocycles. The second-order valence-corrected chi connectivity index (χ2v) is 7.29. The van der Waals surface area contributed by atoms with Gasteiger partial charge in [-0.1, -0.05) is 43.7 Å². The molecule has 5 heteroatoms. The Morgan fingerprint density at radius 1 is 1.07 bits per heavy atom. The minimum absolute atomic E-state index is 0.242. The Labute approximate surface area is 171 Å². The van der Waals surface area contributed by atoms with Crippen molar-refractivity contribution in [3.63, 3.8) is 0 Å². The van der Waals surface area contributed by atoms with Gasteiger partial charge in [0.05, 0.1) is 5.69 Å². The van der Waals surface area contributed by atoms with E-state index in [1.807, 2.05) is 63.2 Å². The molecule has 0 radical (unpaired) electrons. The van der Waals surface area contributed by atoms with Gasteiger partial charge in [0.25, 0.3) is 5.56 Å². The molecule has 1 N–H and O–H groups in total. The highest BCUT2D eigenvalue weighted by molar-refractivity contribution is 5.93. The molecule has 3 aromatic rings. The maximum absolute atomic E-state index is 13.0. The zero-order valence-corrected chi connectivity index (χ0v) is 17.4. The summed E-state index contributed by atoms with van der Waals surface area (Å²) in [5.74, 6) is -0.242. The van der Waals surface area contributed by atoms with Crippen LogP contribution in [0.5, 0.6) is 0 Å². The van der Waals surface area contributed by atoms with Crippen molar-refractivity contribution in [2.24, 2.45) is 0 Å². The maximum atomic E-state index is 13.0. The van der Waals surface area contributed by atoms with E-state index in [2.05, 4.69) is 17.3 Å². The molecule has 0 aliphatic heterocycles. The molecule has 1 atom stereocenters. The Hall–Kier alpha value is -3.21. The molecule has 0 aliphatic carbocycles. The first-order valence-corrected chi connectivity index (χ1v) is 10.00. The van der Waals surface area contributed by atoms with Crippen molar-refractivity contribution in [2.45, 2.75) is 46.6 Å². The first kappa shape index (κ1) is 20.5. The van der Waals surface area contributed by atoms with Crippen LogP contribution >= 0.6 is 0 Å². The van der Waals surface area contributed by atoms with E-state index < -0.39 is 6.04 Å². The van der Waals surface area contributed by atoms with Gasteiger partial charge in [-0.15, -0.1) is 0 Å². The summed E-state index contributed by atoms with van der Waals surface area (Å²) >= 11 is 0. The number of hydrogen-bond donors (Lipinski definition) is 1. The van der Waals surface area contributed by atoms with Crippen LogP contribution in [0.2, 0.25) is 0 Å².